The number of piperidine rings is 1. The van der Waals surface area contributed by atoms with E-state index in [-0.39, 0.29) is 17.9 Å². The lowest BCUT2D eigenvalue weighted by Gasteiger charge is -2.32. The molecule has 4 heteroatoms. The number of carbonyl (C=O) groups excluding carboxylic acids is 1. The topological polar surface area (TPSA) is 58.4 Å². The summed E-state index contributed by atoms with van der Waals surface area (Å²) in [4.78, 5) is 14.4. The van der Waals surface area contributed by atoms with Gasteiger partial charge in [0.25, 0.3) is 0 Å². The lowest BCUT2D eigenvalue weighted by molar-refractivity contribution is -0.125. The lowest BCUT2D eigenvalue weighted by atomic mass is 10.0. The Morgan fingerprint density at radius 1 is 1.33 bits per heavy atom. The van der Waals surface area contributed by atoms with Gasteiger partial charge in [-0.15, -0.1) is 6.58 Å². The second-order valence-electron chi connectivity index (χ2n) is 5.64. The third-order valence-corrected chi connectivity index (χ3v) is 4.17. The Balaban J connectivity index is 1.71. The largest absolute Gasteiger partial charge is 0.353 e. The normalized spacial score (nSPS) is 30.3. The molecule has 102 valence electrons. The maximum atomic E-state index is 12.1. The first kappa shape index (κ1) is 13.6. The van der Waals surface area contributed by atoms with Crippen molar-refractivity contribution in [1.29, 1.82) is 0 Å². The molecule has 2 unspecified atom stereocenters. The van der Waals surface area contributed by atoms with Gasteiger partial charge < -0.3 is 11.1 Å². The Labute approximate surface area is 110 Å². The van der Waals surface area contributed by atoms with E-state index < -0.39 is 0 Å². The summed E-state index contributed by atoms with van der Waals surface area (Å²) >= 11 is 0. The van der Waals surface area contributed by atoms with Crippen LogP contribution in [0.25, 0.3) is 0 Å². The summed E-state index contributed by atoms with van der Waals surface area (Å²) in [6, 6.07) is 0.588. The van der Waals surface area contributed by atoms with Gasteiger partial charge in [-0.3, -0.25) is 9.69 Å². The second-order valence-corrected chi connectivity index (χ2v) is 5.64. The van der Waals surface area contributed by atoms with Crippen LogP contribution in [0.5, 0.6) is 0 Å². The van der Waals surface area contributed by atoms with Crippen molar-refractivity contribution < 1.29 is 4.79 Å². The number of likely N-dealkylation sites (tertiary alicyclic amines) is 1. The van der Waals surface area contributed by atoms with E-state index >= 15 is 0 Å². The van der Waals surface area contributed by atoms with Crippen molar-refractivity contribution in [3.63, 3.8) is 0 Å². The molecule has 2 rings (SSSR count). The van der Waals surface area contributed by atoms with E-state index in [1.165, 1.54) is 0 Å². The highest BCUT2D eigenvalue weighted by Gasteiger charge is 2.29. The predicted molar refractivity (Wildman–Crippen MR) is 73.1 cm³/mol. The van der Waals surface area contributed by atoms with Crippen molar-refractivity contribution in [3.05, 3.63) is 12.7 Å². The predicted octanol–water partition coefficient (Wildman–Crippen LogP) is 0.880. The highest BCUT2D eigenvalue weighted by atomic mass is 16.1. The highest BCUT2D eigenvalue weighted by Crippen LogP contribution is 2.24. The van der Waals surface area contributed by atoms with E-state index in [1.807, 2.05) is 6.08 Å². The molecule has 1 heterocycles. The van der Waals surface area contributed by atoms with Crippen molar-refractivity contribution >= 4 is 5.91 Å². The molecule has 0 spiro atoms. The summed E-state index contributed by atoms with van der Waals surface area (Å²) in [5.74, 6) is 0.385. The molecule has 0 radical (unpaired) electrons. The van der Waals surface area contributed by atoms with Gasteiger partial charge in [0.05, 0.1) is 0 Å². The second kappa shape index (κ2) is 6.34. The summed E-state index contributed by atoms with van der Waals surface area (Å²) in [6.07, 6.45) is 6.87. The number of carbonyl (C=O) groups is 1. The number of amides is 1. The van der Waals surface area contributed by atoms with E-state index in [2.05, 4.69) is 16.8 Å². The zero-order chi connectivity index (χ0) is 13.0. The standard InChI is InChI=1S/C14H25N3O/c1-2-7-17-8-5-13(6-9-17)16-14(18)11-3-4-12(15)10-11/h2,11-13H,1,3-10,15H2,(H,16,18). The number of nitrogens with zero attached hydrogens (tertiary/aromatic N) is 1. The van der Waals surface area contributed by atoms with Crippen molar-refractivity contribution in [3.8, 4) is 0 Å². The Morgan fingerprint density at radius 2 is 2.06 bits per heavy atom. The van der Waals surface area contributed by atoms with E-state index in [0.717, 1.165) is 51.7 Å². The van der Waals surface area contributed by atoms with E-state index in [9.17, 15) is 4.79 Å². The molecule has 18 heavy (non-hydrogen) atoms. The van der Waals surface area contributed by atoms with Crippen LogP contribution >= 0.6 is 0 Å². The van der Waals surface area contributed by atoms with Gasteiger partial charge in [-0.1, -0.05) is 6.08 Å². The average Bonchev–Trinajstić information content (AvgIpc) is 2.79. The highest BCUT2D eigenvalue weighted by molar-refractivity contribution is 5.79. The van der Waals surface area contributed by atoms with Crippen LogP contribution in [0.3, 0.4) is 0 Å². The molecule has 0 aromatic carbocycles. The zero-order valence-electron chi connectivity index (χ0n) is 11.1. The Hall–Kier alpha value is -0.870. The molecule has 2 atom stereocenters. The minimum Gasteiger partial charge on any atom is -0.353 e. The molecule has 1 aliphatic carbocycles. The smallest absolute Gasteiger partial charge is 0.223 e. The monoisotopic (exact) mass is 251 g/mol. The maximum Gasteiger partial charge on any atom is 0.223 e. The summed E-state index contributed by atoms with van der Waals surface area (Å²) in [5.41, 5.74) is 5.85. The molecule has 1 amide bonds. The maximum absolute atomic E-state index is 12.1. The molecular weight excluding hydrogens is 226 g/mol. The molecule has 2 fully saturated rings. The van der Waals surface area contributed by atoms with Gasteiger partial charge in [0, 0.05) is 37.6 Å². The average molecular weight is 251 g/mol. The van der Waals surface area contributed by atoms with Gasteiger partial charge in [-0.25, -0.2) is 0 Å². The van der Waals surface area contributed by atoms with Gasteiger partial charge in [-0.2, -0.15) is 0 Å². The molecule has 1 aliphatic heterocycles. The number of nitrogens with one attached hydrogen (secondary N) is 1. The van der Waals surface area contributed by atoms with Crippen LogP contribution in [-0.4, -0.2) is 42.5 Å². The van der Waals surface area contributed by atoms with Crippen LogP contribution in [0.4, 0.5) is 0 Å². The molecule has 0 bridgehead atoms. The molecule has 1 saturated heterocycles. The molecule has 0 aromatic rings. The first-order valence-electron chi connectivity index (χ1n) is 7.08. The van der Waals surface area contributed by atoms with Crippen molar-refractivity contribution in [2.45, 2.75) is 44.2 Å². The van der Waals surface area contributed by atoms with Crippen LogP contribution in [-0.2, 0) is 4.79 Å². The number of hydrogen-bond acceptors (Lipinski definition) is 3. The molecular formula is C14H25N3O. The summed E-state index contributed by atoms with van der Waals surface area (Å²) in [7, 11) is 0. The molecule has 1 saturated carbocycles. The molecule has 4 nitrogen and oxygen atoms in total. The fourth-order valence-corrected chi connectivity index (χ4v) is 3.02. The van der Waals surface area contributed by atoms with E-state index in [1.54, 1.807) is 0 Å². The summed E-state index contributed by atoms with van der Waals surface area (Å²) in [5, 5.41) is 3.20. The molecule has 3 N–H and O–H groups in total. The fourth-order valence-electron chi connectivity index (χ4n) is 3.02. The Morgan fingerprint density at radius 3 is 2.61 bits per heavy atom. The van der Waals surface area contributed by atoms with Crippen LogP contribution in [0, 0.1) is 5.92 Å². The van der Waals surface area contributed by atoms with Crippen LogP contribution < -0.4 is 11.1 Å². The van der Waals surface area contributed by atoms with Gasteiger partial charge in [0.15, 0.2) is 0 Å². The quantitative estimate of drug-likeness (QED) is 0.729. The fraction of sp³-hybridized carbons (Fsp3) is 0.786. The van der Waals surface area contributed by atoms with Gasteiger partial charge in [0.2, 0.25) is 5.91 Å². The number of hydrogen-bond donors (Lipinski definition) is 2. The van der Waals surface area contributed by atoms with E-state index in [4.69, 9.17) is 5.73 Å². The van der Waals surface area contributed by atoms with Crippen molar-refractivity contribution in [1.82, 2.24) is 10.2 Å². The summed E-state index contributed by atoms with van der Waals surface area (Å²) in [6.45, 7) is 6.83. The SMILES string of the molecule is C=CCN1CCC(NC(=O)C2CCC(N)C2)CC1. The third kappa shape index (κ3) is 3.56. The first-order valence-corrected chi connectivity index (χ1v) is 7.08. The number of nitrogens with two attached hydrogens (primary N) is 1. The van der Waals surface area contributed by atoms with Crippen LogP contribution in [0.1, 0.15) is 32.1 Å². The number of rotatable bonds is 4. The van der Waals surface area contributed by atoms with Crippen LogP contribution in [0.15, 0.2) is 12.7 Å². The zero-order valence-corrected chi connectivity index (χ0v) is 11.1. The minimum absolute atomic E-state index is 0.159. The van der Waals surface area contributed by atoms with Crippen molar-refractivity contribution in [2.24, 2.45) is 11.7 Å². The Kier molecular flexibility index (Phi) is 4.78. The molecule has 2 aliphatic rings. The Bertz CT molecular complexity index is 297. The van der Waals surface area contributed by atoms with Gasteiger partial charge in [0.1, 0.15) is 0 Å². The first-order chi connectivity index (χ1) is 8.69. The van der Waals surface area contributed by atoms with Crippen molar-refractivity contribution in [2.75, 3.05) is 19.6 Å². The molecule has 0 aromatic heterocycles. The summed E-state index contributed by atoms with van der Waals surface area (Å²) < 4.78 is 0. The lowest BCUT2D eigenvalue weighted by Crippen LogP contribution is -2.46. The minimum atomic E-state index is 0.159. The van der Waals surface area contributed by atoms with E-state index in [0.29, 0.717) is 6.04 Å². The van der Waals surface area contributed by atoms with Gasteiger partial charge >= 0.3 is 0 Å². The van der Waals surface area contributed by atoms with Crippen LogP contribution in [0.2, 0.25) is 0 Å². The third-order valence-electron chi connectivity index (χ3n) is 4.17. The van der Waals surface area contributed by atoms with Gasteiger partial charge in [-0.05, 0) is 32.1 Å².